The van der Waals surface area contributed by atoms with Crippen LogP contribution in [0.1, 0.15) is 38.5 Å². The number of piperidine rings is 2. The van der Waals surface area contributed by atoms with Gasteiger partial charge in [-0.3, -0.25) is 9.88 Å². The topological polar surface area (TPSA) is 150 Å². The summed E-state index contributed by atoms with van der Waals surface area (Å²) in [5.41, 5.74) is 1.07. The number of pyridine rings is 2. The van der Waals surface area contributed by atoms with Gasteiger partial charge < -0.3 is 10.6 Å². The van der Waals surface area contributed by atoms with Gasteiger partial charge in [0.05, 0.1) is 17.8 Å². The van der Waals surface area contributed by atoms with Gasteiger partial charge in [-0.05, 0) is 44.2 Å². The van der Waals surface area contributed by atoms with Crippen LogP contribution in [0.25, 0.3) is 10.9 Å². The fourth-order valence-corrected chi connectivity index (χ4v) is 7.56. The quantitative estimate of drug-likeness (QED) is 0.448. The van der Waals surface area contributed by atoms with Crippen molar-refractivity contribution >= 4 is 49.0 Å². The van der Waals surface area contributed by atoms with Crippen molar-refractivity contribution in [2.45, 2.75) is 66.4 Å². The van der Waals surface area contributed by atoms with Gasteiger partial charge in [0, 0.05) is 47.7 Å². The fraction of sp³-hybridized carbons (Fsp3) is 0.455. The summed E-state index contributed by atoms with van der Waals surface area (Å²) < 4.78 is 23.1. The van der Waals surface area contributed by atoms with E-state index in [0.717, 1.165) is 47.3 Å². The summed E-state index contributed by atoms with van der Waals surface area (Å²) in [7, 11) is -3.80. The molecule has 3 aliphatic heterocycles. The van der Waals surface area contributed by atoms with Crippen molar-refractivity contribution in [1.29, 1.82) is 5.26 Å². The van der Waals surface area contributed by atoms with E-state index in [-0.39, 0.29) is 9.75 Å². The molecule has 0 aromatic carbocycles. The first-order valence-corrected chi connectivity index (χ1v) is 13.6. The molecule has 176 valence electrons. The van der Waals surface area contributed by atoms with Crippen molar-refractivity contribution in [1.82, 2.24) is 19.9 Å². The maximum atomic E-state index is 11.6. The molecule has 0 amide bonds. The molecule has 12 heteroatoms. The van der Waals surface area contributed by atoms with Gasteiger partial charge in [-0.25, -0.2) is 23.5 Å². The van der Waals surface area contributed by atoms with Gasteiger partial charge in [0.2, 0.25) is 10.0 Å². The summed E-state index contributed by atoms with van der Waals surface area (Å²) in [5.74, 6) is 1.29. The second-order valence-corrected chi connectivity index (χ2v) is 12.2. The first-order valence-electron chi connectivity index (χ1n) is 11.3. The van der Waals surface area contributed by atoms with Crippen molar-refractivity contribution in [2.24, 2.45) is 5.14 Å². The Labute approximate surface area is 201 Å². The van der Waals surface area contributed by atoms with Gasteiger partial charge >= 0.3 is 0 Å². The van der Waals surface area contributed by atoms with Crippen LogP contribution in [0.3, 0.4) is 0 Å². The number of nitrogens with one attached hydrogen (secondary N) is 2. The molecular weight excluding hydrogens is 472 g/mol. The number of thiazole rings is 1. The lowest BCUT2D eigenvalue weighted by Gasteiger charge is -2.74. The zero-order valence-corrected chi connectivity index (χ0v) is 19.9. The number of rotatable bonds is 7. The third kappa shape index (κ3) is 3.60. The minimum Gasteiger partial charge on any atom is -0.367 e. The lowest BCUT2D eigenvalue weighted by Crippen LogP contribution is -2.81. The highest BCUT2D eigenvalue weighted by Crippen LogP contribution is 2.58. The van der Waals surface area contributed by atoms with Crippen molar-refractivity contribution in [3.05, 3.63) is 30.6 Å². The van der Waals surface area contributed by atoms with Gasteiger partial charge in [-0.1, -0.05) is 11.3 Å². The van der Waals surface area contributed by atoms with Crippen LogP contribution in [0, 0.1) is 11.3 Å². The van der Waals surface area contributed by atoms with Crippen LogP contribution >= 0.6 is 11.3 Å². The fourth-order valence-electron chi connectivity index (χ4n) is 6.10. The molecule has 4 atom stereocenters. The summed E-state index contributed by atoms with van der Waals surface area (Å²) in [6.07, 6.45) is 9.06. The molecule has 0 bridgehead atoms. The third-order valence-electron chi connectivity index (χ3n) is 7.32. The van der Waals surface area contributed by atoms with Crippen LogP contribution < -0.4 is 15.8 Å². The van der Waals surface area contributed by atoms with Crippen molar-refractivity contribution in [3.8, 4) is 6.07 Å². The lowest BCUT2D eigenvalue weighted by atomic mass is 9.57. The van der Waals surface area contributed by atoms with Gasteiger partial charge in [0.15, 0.2) is 9.34 Å². The van der Waals surface area contributed by atoms with E-state index < -0.39 is 10.0 Å². The molecule has 0 spiro atoms. The Balaban J connectivity index is 1.22. The van der Waals surface area contributed by atoms with E-state index >= 15 is 0 Å². The third-order valence-corrected chi connectivity index (χ3v) is 9.64. The maximum absolute atomic E-state index is 11.6. The number of primary sulfonamides is 1. The van der Waals surface area contributed by atoms with E-state index in [1.165, 1.54) is 19.0 Å². The molecule has 3 aromatic rings. The van der Waals surface area contributed by atoms with Crippen LogP contribution in [-0.4, -0.2) is 51.9 Å². The molecule has 0 saturated carbocycles. The Bertz CT molecular complexity index is 1400. The molecule has 6 rings (SSSR count). The second kappa shape index (κ2) is 7.84. The molecule has 3 aliphatic rings. The first-order chi connectivity index (χ1) is 16.3. The van der Waals surface area contributed by atoms with E-state index in [1.54, 1.807) is 6.20 Å². The van der Waals surface area contributed by atoms with Gasteiger partial charge in [0.25, 0.3) is 0 Å². The van der Waals surface area contributed by atoms with Crippen LogP contribution in [0.5, 0.6) is 0 Å². The molecule has 3 saturated heterocycles. The summed E-state index contributed by atoms with van der Waals surface area (Å²) >= 11 is 0.959. The van der Waals surface area contributed by atoms with Crippen LogP contribution in [0.4, 0.5) is 16.8 Å². The van der Waals surface area contributed by atoms with Crippen molar-refractivity contribution < 1.29 is 8.42 Å². The largest absolute Gasteiger partial charge is 0.367 e. The SMILES string of the molecule is N#CCCC12C[C@H]3CC(Nc4nc(Nc5ncc(S(N)(=O)=O)s5)cc5ncccc45)C[C@@H](C1)N32. The van der Waals surface area contributed by atoms with Gasteiger partial charge in [0.1, 0.15) is 11.6 Å². The summed E-state index contributed by atoms with van der Waals surface area (Å²) in [6.45, 7) is 0. The zero-order chi connectivity index (χ0) is 23.5. The number of anilines is 3. The van der Waals surface area contributed by atoms with E-state index in [4.69, 9.17) is 15.4 Å². The number of hydrogen-bond acceptors (Lipinski definition) is 10. The average Bonchev–Trinajstić information content (AvgIpc) is 3.24. The molecule has 0 radical (unpaired) electrons. The number of fused-ring (bicyclic) bond motifs is 1. The highest BCUT2D eigenvalue weighted by atomic mass is 32.2. The Kier molecular flexibility index (Phi) is 5.00. The number of nitrogens with two attached hydrogens (primary N) is 1. The molecule has 0 aliphatic carbocycles. The minimum absolute atomic E-state index is 0.00846. The summed E-state index contributed by atoms with van der Waals surface area (Å²) in [5, 5.41) is 22.3. The average molecular weight is 497 g/mol. The highest BCUT2D eigenvalue weighted by molar-refractivity contribution is 7.91. The molecule has 10 nitrogen and oxygen atoms in total. The zero-order valence-electron chi connectivity index (χ0n) is 18.3. The van der Waals surface area contributed by atoms with E-state index in [1.807, 2.05) is 18.2 Å². The monoisotopic (exact) mass is 496 g/mol. The molecule has 3 aromatic heterocycles. The number of aromatic nitrogens is 3. The van der Waals surface area contributed by atoms with Crippen molar-refractivity contribution in [2.75, 3.05) is 10.6 Å². The number of nitrogens with zero attached hydrogens (tertiary/aromatic N) is 5. The van der Waals surface area contributed by atoms with E-state index in [0.29, 0.717) is 35.5 Å². The van der Waals surface area contributed by atoms with Crippen molar-refractivity contribution in [3.63, 3.8) is 0 Å². The first kappa shape index (κ1) is 21.7. The number of nitriles is 1. The second-order valence-electron chi connectivity index (χ2n) is 9.40. The van der Waals surface area contributed by atoms with Crippen LogP contribution in [-0.2, 0) is 10.0 Å². The number of sulfonamides is 1. The van der Waals surface area contributed by atoms with E-state index in [2.05, 4.69) is 31.6 Å². The predicted molar refractivity (Wildman–Crippen MR) is 129 cm³/mol. The van der Waals surface area contributed by atoms with Gasteiger partial charge in [-0.2, -0.15) is 5.26 Å². The smallest absolute Gasteiger partial charge is 0.249 e. The Morgan fingerprint density at radius 2 is 2.09 bits per heavy atom. The Morgan fingerprint density at radius 3 is 2.79 bits per heavy atom. The van der Waals surface area contributed by atoms with Crippen LogP contribution in [0.2, 0.25) is 0 Å². The molecule has 2 unspecified atom stereocenters. The standard InChI is InChI=1S/C22H24N8O2S2/c23-5-2-4-22-10-14-7-13(8-15(11-22)30(14)22)27-20-16-3-1-6-25-17(16)9-18(28-20)29-21-26-12-19(33-21)34(24,31)32/h1,3,6,9,12-15H,2,4,7-8,10-11H2,(H2,24,31,32)(H2,26,27,28,29)/t13?,14-,15+,22?. The Hall–Kier alpha value is -2.85. The molecular formula is C22H24N8O2S2. The minimum atomic E-state index is -3.80. The van der Waals surface area contributed by atoms with Crippen LogP contribution in [0.15, 0.2) is 34.8 Å². The predicted octanol–water partition coefficient (Wildman–Crippen LogP) is 2.94. The maximum Gasteiger partial charge on any atom is 0.249 e. The normalized spacial score (nSPS) is 27.8. The number of hydrogen-bond donors (Lipinski definition) is 3. The molecule has 3 fully saturated rings. The summed E-state index contributed by atoms with van der Waals surface area (Å²) in [4.78, 5) is 16.0. The van der Waals surface area contributed by atoms with E-state index in [9.17, 15) is 8.42 Å². The lowest BCUT2D eigenvalue weighted by molar-refractivity contribution is -0.222. The molecule has 34 heavy (non-hydrogen) atoms. The van der Waals surface area contributed by atoms with Gasteiger partial charge in [-0.15, -0.1) is 0 Å². The Morgan fingerprint density at radius 1 is 1.29 bits per heavy atom. The highest BCUT2D eigenvalue weighted by Gasteiger charge is 2.64. The molecule has 4 N–H and O–H groups in total. The summed E-state index contributed by atoms with van der Waals surface area (Å²) in [6, 6.07) is 9.47. The molecule has 6 heterocycles.